The summed E-state index contributed by atoms with van der Waals surface area (Å²) in [5, 5.41) is 1.04. The van der Waals surface area contributed by atoms with Crippen molar-refractivity contribution >= 4 is 39.2 Å². The first-order chi connectivity index (χ1) is 15.9. The van der Waals surface area contributed by atoms with E-state index in [1.54, 1.807) is 22.3 Å². The summed E-state index contributed by atoms with van der Waals surface area (Å²) in [5.74, 6) is -0.826. The molecule has 0 bridgehead atoms. The molecule has 1 aromatic heterocycles. The number of anilines is 1. The highest BCUT2D eigenvalue weighted by Gasteiger charge is 2.26. The highest BCUT2D eigenvalue weighted by Crippen LogP contribution is 2.32. The first kappa shape index (κ1) is 23.2. The molecule has 0 saturated carbocycles. The van der Waals surface area contributed by atoms with Crippen molar-refractivity contribution in [2.75, 3.05) is 25.1 Å². The Morgan fingerprint density at radius 3 is 2.58 bits per heavy atom. The van der Waals surface area contributed by atoms with E-state index in [9.17, 15) is 14.0 Å². The van der Waals surface area contributed by atoms with E-state index in [-0.39, 0.29) is 18.1 Å². The summed E-state index contributed by atoms with van der Waals surface area (Å²) in [6, 6.07) is 9.83. The van der Waals surface area contributed by atoms with E-state index in [4.69, 9.17) is 0 Å². The van der Waals surface area contributed by atoms with Crippen molar-refractivity contribution in [3.05, 3.63) is 58.3 Å². The minimum Gasteiger partial charge on any atom is -0.465 e. The number of esters is 1. The first-order valence-corrected chi connectivity index (χ1v) is 12.0. The van der Waals surface area contributed by atoms with Gasteiger partial charge in [0.05, 0.1) is 34.4 Å². The van der Waals surface area contributed by atoms with Crippen LogP contribution in [0.4, 0.5) is 14.9 Å². The molecule has 1 aliphatic heterocycles. The number of methoxy groups -OCH3 is 1. The molecule has 0 N–H and O–H groups in total. The van der Waals surface area contributed by atoms with E-state index in [2.05, 4.69) is 23.6 Å². The van der Waals surface area contributed by atoms with Gasteiger partial charge in [-0.05, 0) is 49.6 Å². The van der Waals surface area contributed by atoms with E-state index in [0.717, 1.165) is 40.6 Å². The van der Waals surface area contributed by atoms with Crippen molar-refractivity contribution in [3.8, 4) is 0 Å². The molecule has 1 fully saturated rings. The number of nitrogens with zero attached hydrogens (tertiary/aromatic N) is 3. The summed E-state index contributed by atoms with van der Waals surface area (Å²) in [7, 11) is 1.26. The zero-order valence-electron chi connectivity index (χ0n) is 19.1. The Labute approximate surface area is 197 Å². The van der Waals surface area contributed by atoms with E-state index in [0.29, 0.717) is 30.3 Å². The van der Waals surface area contributed by atoms with Gasteiger partial charge in [0.2, 0.25) is 0 Å². The van der Waals surface area contributed by atoms with Crippen LogP contribution in [0.2, 0.25) is 0 Å². The Morgan fingerprint density at radius 2 is 1.91 bits per heavy atom. The molecule has 0 atom stereocenters. The summed E-state index contributed by atoms with van der Waals surface area (Å²) < 4.78 is 20.6. The van der Waals surface area contributed by atoms with Crippen LogP contribution in [0.15, 0.2) is 36.4 Å². The Hall–Kier alpha value is -3.00. The lowest BCUT2D eigenvalue weighted by Gasteiger charge is -2.33. The Kier molecular flexibility index (Phi) is 6.93. The van der Waals surface area contributed by atoms with Crippen LogP contribution in [0.5, 0.6) is 0 Å². The highest BCUT2D eigenvalue weighted by atomic mass is 32.1. The number of rotatable bonds is 5. The van der Waals surface area contributed by atoms with E-state index < -0.39 is 11.8 Å². The van der Waals surface area contributed by atoms with Crippen molar-refractivity contribution in [3.63, 3.8) is 0 Å². The van der Waals surface area contributed by atoms with Crippen LogP contribution in [0, 0.1) is 5.82 Å². The summed E-state index contributed by atoms with van der Waals surface area (Å²) in [5.41, 5.74) is 2.07. The average molecular weight is 470 g/mol. The molecule has 2 aromatic carbocycles. The fraction of sp³-hybridized carbons (Fsp3) is 0.400. The van der Waals surface area contributed by atoms with Gasteiger partial charge >= 0.3 is 12.0 Å². The van der Waals surface area contributed by atoms with Gasteiger partial charge in [-0.1, -0.05) is 19.9 Å². The molecule has 3 aromatic rings. The molecule has 6 nitrogen and oxygen atoms in total. The molecule has 1 saturated heterocycles. The Balaban J connectivity index is 1.70. The first-order valence-electron chi connectivity index (χ1n) is 11.2. The standard InChI is InChI=1S/C25H28FN3O3S/c1-16(2)23-27-21-10-9-19(14-22(21)33-23)29(25(31)28-11-5-4-6-12-28)15-18-8-7-17(13-20(18)26)24(30)32-3/h7-10,13-14,16H,4-6,11-12,15H2,1-3H3. The molecule has 0 radical (unpaired) electrons. The number of amides is 2. The molecule has 2 amide bonds. The third kappa shape index (κ3) is 5.00. The van der Waals surface area contributed by atoms with Crippen LogP contribution in [0.1, 0.15) is 60.0 Å². The molecule has 0 spiro atoms. The van der Waals surface area contributed by atoms with Gasteiger partial charge < -0.3 is 9.64 Å². The molecule has 0 unspecified atom stereocenters. The second kappa shape index (κ2) is 9.87. The summed E-state index contributed by atoms with van der Waals surface area (Å²) in [4.78, 5) is 33.4. The van der Waals surface area contributed by atoms with Gasteiger partial charge in [-0.2, -0.15) is 0 Å². The third-order valence-electron chi connectivity index (χ3n) is 5.85. The van der Waals surface area contributed by atoms with Crippen LogP contribution in [-0.2, 0) is 11.3 Å². The lowest BCUT2D eigenvalue weighted by atomic mass is 10.1. The predicted octanol–water partition coefficient (Wildman–Crippen LogP) is 5.96. The monoisotopic (exact) mass is 469 g/mol. The predicted molar refractivity (Wildman–Crippen MR) is 128 cm³/mol. The van der Waals surface area contributed by atoms with Crippen molar-refractivity contribution < 1.29 is 18.7 Å². The second-order valence-corrected chi connectivity index (χ2v) is 9.64. The molecule has 8 heteroatoms. The maximum Gasteiger partial charge on any atom is 0.337 e. The van der Waals surface area contributed by atoms with E-state index in [1.165, 1.54) is 13.2 Å². The number of benzene rings is 2. The number of aromatic nitrogens is 1. The van der Waals surface area contributed by atoms with Gasteiger partial charge in [0.1, 0.15) is 5.82 Å². The molecule has 2 heterocycles. The largest absolute Gasteiger partial charge is 0.465 e. The molecule has 0 aliphatic carbocycles. The maximum atomic E-state index is 14.9. The number of thiazole rings is 1. The lowest BCUT2D eigenvalue weighted by Crippen LogP contribution is -2.45. The van der Waals surface area contributed by atoms with Gasteiger partial charge in [-0.25, -0.2) is 19.0 Å². The van der Waals surface area contributed by atoms with Crippen LogP contribution >= 0.6 is 11.3 Å². The molecule has 4 rings (SSSR count). The summed E-state index contributed by atoms with van der Waals surface area (Å²) in [6.07, 6.45) is 3.04. The number of hydrogen-bond acceptors (Lipinski definition) is 5. The van der Waals surface area contributed by atoms with Crippen LogP contribution < -0.4 is 4.90 Å². The van der Waals surface area contributed by atoms with Crippen LogP contribution in [0.3, 0.4) is 0 Å². The molecular formula is C25H28FN3O3S. The van der Waals surface area contributed by atoms with Crippen LogP contribution in [-0.4, -0.2) is 42.1 Å². The molecule has 1 aliphatic rings. The molecule has 33 heavy (non-hydrogen) atoms. The molecular weight excluding hydrogens is 441 g/mol. The minimum atomic E-state index is -0.599. The SMILES string of the molecule is COC(=O)c1ccc(CN(C(=O)N2CCCCC2)c2ccc3nc(C(C)C)sc3c2)c(F)c1. The smallest absolute Gasteiger partial charge is 0.337 e. The zero-order valence-corrected chi connectivity index (χ0v) is 20.0. The number of ether oxygens (including phenoxy) is 1. The third-order valence-corrected chi connectivity index (χ3v) is 7.17. The number of piperidine rings is 1. The number of halogens is 1. The number of likely N-dealkylation sites (tertiary alicyclic amines) is 1. The number of fused-ring (bicyclic) bond motifs is 1. The van der Waals surface area contributed by atoms with E-state index >= 15 is 0 Å². The number of hydrogen-bond donors (Lipinski definition) is 0. The Morgan fingerprint density at radius 1 is 1.15 bits per heavy atom. The minimum absolute atomic E-state index is 0.0595. The highest BCUT2D eigenvalue weighted by molar-refractivity contribution is 7.18. The normalized spacial score (nSPS) is 14.0. The fourth-order valence-electron chi connectivity index (χ4n) is 3.96. The summed E-state index contributed by atoms with van der Waals surface area (Å²) >= 11 is 1.61. The lowest BCUT2D eigenvalue weighted by molar-refractivity contribution is 0.0600. The van der Waals surface area contributed by atoms with Gasteiger partial charge in [-0.15, -0.1) is 11.3 Å². The van der Waals surface area contributed by atoms with Crippen LogP contribution in [0.25, 0.3) is 10.2 Å². The van der Waals surface area contributed by atoms with Crippen molar-refractivity contribution in [2.24, 2.45) is 0 Å². The number of carbonyl (C=O) groups is 2. The number of urea groups is 1. The van der Waals surface area contributed by atoms with Gasteiger partial charge in [0.15, 0.2) is 0 Å². The van der Waals surface area contributed by atoms with Gasteiger partial charge in [0, 0.05) is 30.3 Å². The number of carbonyl (C=O) groups excluding carboxylic acids is 2. The van der Waals surface area contributed by atoms with Crippen molar-refractivity contribution in [1.82, 2.24) is 9.88 Å². The zero-order chi connectivity index (χ0) is 23.5. The maximum absolute atomic E-state index is 14.9. The fourth-order valence-corrected chi connectivity index (χ4v) is 4.96. The summed E-state index contributed by atoms with van der Waals surface area (Å²) in [6.45, 7) is 5.65. The van der Waals surface area contributed by atoms with E-state index in [1.807, 2.05) is 23.1 Å². The van der Waals surface area contributed by atoms with Gasteiger partial charge in [-0.3, -0.25) is 4.90 Å². The van der Waals surface area contributed by atoms with Gasteiger partial charge in [0.25, 0.3) is 0 Å². The second-order valence-electron chi connectivity index (χ2n) is 8.57. The van der Waals surface area contributed by atoms with Crippen molar-refractivity contribution in [2.45, 2.75) is 45.6 Å². The molecule has 174 valence electrons. The average Bonchev–Trinajstić information content (AvgIpc) is 3.27. The quantitative estimate of drug-likeness (QED) is 0.433. The topological polar surface area (TPSA) is 62.7 Å². The van der Waals surface area contributed by atoms with Crippen molar-refractivity contribution in [1.29, 1.82) is 0 Å². The Bertz CT molecular complexity index is 1170.